The van der Waals surface area contributed by atoms with E-state index in [-0.39, 0.29) is 0 Å². The van der Waals surface area contributed by atoms with E-state index in [9.17, 15) is 0 Å². The van der Waals surface area contributed by atoms with E-state index in [2.05, 4.69) is 58.3 Å². The fraction of sp³-hybridized carbons (Fsp3) is 0.357. The van der Waals surface area contributed by atoms with Crippen molar-refractivity contribution in [2.24, 2.45) is 0 Å². The minimum absolute atomic E-state index is 0.330. The lowest BCUT2D eigenvalue weighted by molar-refractivity contribution is 0.573. The monoisotopic (exact) mass is 324 g/mol. The molecular formula is C14H17BrN2S. The van der Waals surface area contributed by atoms with Crippen molar-refractivity contribution >= 4 is 27.3 Å². The minimum atomic E-state index is 0.330. The Kier molecular flexibility index (Phi) is 4.92. The number of hydrogen-bond donors (Lipinski definition) is 1. The summed E-state index contributed by atoms with van der Waals surface area (Å²) in [5.41, 5.74) is 1.29. The van der Waals surface area contributed by atoms with Gasteiger partial charge in [0.1, 0.15) is 5.01 Å². The lowest BCUT2D eigenvalue weighted by Gasteiger charge is -2.13. The first-order chi connectivity index (χ1) is 8.69. The quantitative estimate of drug-likeness (QED) is 0.886. The van der Waals surface area contributed by atoms with Gasteiger partial charge < -0.3 is 5.32 Å². The van der Waals surface area contributed by atoms with Crippen LogP contribution in [-0.4, -0.2) is 4.98 Å². The lowest BCUT2D eigenvalue weighted by Crippen LogP contribution is -2.17. The van der Waals surface area contributed by atoms with Gasteiger partial charge >= 0.3 is 0 Å². The molecule has 96 valence electrons. The standard InChI is InChI=1S/C14H17BrN2S/c1-3-13-8-17-14(18-13)9-16-10(2)11-5-4-6-12(15)7-11/h4-8,10,16H,3,9H2,1-2H3. The number of hydrogen-bond acceptors (Lipinski definition) is 3. The van der Waals surface area contributed by atoms with Gasteiger partial charge in [0.25, 0.3) is 0 Å². The molecule has 0 spiro atoms. The molecule has 2 aromatic rings. The number of nitrogens with one attached hydrogen (secondary N) is 1. The molecule has 1 heterocycles. The highest BCUT2D eigenvalue weighted by molar-refractivity contribution is 9.10. The van der Waals surface area contributed by atoms with Crippen LogP contribution in [0.2, 0.25) is 0 Å². The van der Waals surface area contributed by atoms with Gasteiger partial charge in [-0.25, -0.2) is 4.98 Å². The van der Waals surface area contributed by atoms with Crippen molar-refractivity contribution in [3.63, 3.8) is 0 Å². The summed E-state index contributed by atoms with van der Waals surface area (Å²) in [7, 11) is 0. The van der Waals surface area contributed by atoms with Crippen molar-refractivity contribution in [2.45, 2.75) is 32.9 Å². The number of nitrogens with zero attached hydrogens (tertiary/aromatic N) is 1. The first-order valence-corrected chi connectivity index (χ1v) is 7.72. The van der Waals surface area contributed by atoms with E-state index in [4.69, 9.17) is 0 Å². The van der Waals surface area contributed by atoms with E-state index in [1.54, 1.807) is 11.3 Å². The molecule has 2 rings (SSSR count). The van der Waals surface area contributed by atoms with Crippen molar-refractivity contribution in [3.8, 4) is 0 Å². The smallest absolute Gasteiger partial charge is 0.107 e. The molecule has 1 atom stereocenters. The fourth-order valence-corrected chi connectivity index (χ4v) is 2.96. The zero-order valence-corrected chi connectivity index (χ0v) is 13.0. The second-order valence-electron chi connectivity index (χ2n) is 4.23. The average molecular weight is 325 g/mol. The minimum Gasteiger partial charge on any atom is -0.304 e. The first-order valence-electron chi connectivity index (χ1n) is 6.11. The number of thiazole rings is 1. The maximum Gasteiger partial charge on any atom is 0.107 e. The van der Waals surface area contributed by atoms with E-state index in [0.717, 1.165) is 22.4 Å². The van der Waals surface area contributed by atoms with E-state index in [0.29, 0.717) is 6.04 Å². The number of halogens is 1. The number of aromatic nitrogens is 1. The highest BCUT2D eigenvalue weighted by Gasteiger charge is 2.06. The Morgan fingerprint density at radius 1 is 1.44 bits per heavy atom. The first kappa shape index (κ1) is 13.7. The van der Waals surface area contributed by atoms with E-state index >= 15 is 0 Å². The van der Waals surface area contributed by atoms with Gasteiger partial charge in [-0.2, -0.15) is 0 Å². The van der Waals surface area contributed by atoms with Crippen molar-refractivity contribution in [2.75, 3.05) is 0 Å². The van der Waals surface area contributed by atoms with E-state index in [1.807, 2.05) is 12.3 Å². The highest BCUT2D eigenvalue weighted by Crippen LogP contribution is 2.19. The van der Waals surface area contributed by atoms with E-state index in [1.165, 1.54) is 10.4 Å². The van der Waals surface area contributed by atoms with Crippen molar-refractivity contribution in [3.05, 3.63) is 50.4 Å². The zero-order valence-electron chi connectivity index (χ0n) is 10.6. The van der Waals surface area contributed by atoms with Crippen LogP contribution in [0.3, 0.4) is 0 Å². The normalized spacial score (nSPS) is 12.6. The Bertz CT molecular complexity index is 510. The maximum absolute atomic E-state index is 4.42. The number of rotatable bonds is 5. The molecule has 0 aliphatic rings. The van der Waals surface area contributed by atoms with Gasteiger partial charge in [0.2, 0.25) is 0 Å². The van der Waals surface area contributed by atoms with Gasteiger partial charge in [0, 0.05) is 28.1 Å². The number of aryl methyl sites for hydroxylation is 1. The summed E-state index contributed by atoms with van der Waals surface area (Å²) >= 11 is 5.29. The van der Waals surface area contributed by atoms with E-state index < -0.39 is 0 Å². The summed E-state index contributed by atoms with van der Waals surface area (Å²) in [6.07, 6.45) is 3.05. The van der Waals surface area contributed by atoms with Crippen molar-refractivity contribution in [1.29, 1.82) is 0 Å². The molecule has 4 heteroatoms. The van der Waals surface area contributed by atoms with Gasteiger partial charge in [-0.1, -0.05) is 35.0 Å². The molecule has 0 saturated carbocycles. The predicted octanol–water partition coefficient (Wildman–Crippen LogP) is 4.32. The van der Waals surface area contributed by atoms with Crippen LogP contribution in [-0.2, 0) is 13.0 Å². The molecule has 0 amide bonds. The molecule has 1 N–H and O–H groups in total. The van der Waals surface area contributed by atoms with Crippen LogP contribution < -0.4 is 5.32 Å². The van der Waals surface area contributed by atoms with Crippen LogP contribution in [0.5, 0.6) is 0 Å². The molecule has 1 unspecified atom stereocenters. The second-order valence-corrected chi connectivity index (χ2v) is 6.35. The topological polar surface area (TPSA) is 24.9 Å². The summed E-state index contributed by atoms with van der Waals surface area (Å²) < 4.78 is 1.12. The molecule has 1 aromatic heterocycles. The molecule has 0 fully saturated rings. The van der Waals surface area contributed by atoms with Crippen molar-refractivity contribution < 1.29 is 0 Å². The SMILES string of the molecule is CCc1cnc(CNC(C)c2cccc(Br)c2)s1. The van der Waals surface area contributed by atoms with Gasteiger partial charge in [0.15, 0.2) is 0 Å². The van der Waals surface area contributed by atoms with Crippen LogP contribution in [0.25, 0.3) is 0 Å². The summed E-state index contributed by atoms with van der Waals surface area (Å²) in [5.74, 6) is 0. The lowest BCUT2D eigenvalue weighted by atomic mass is 10.1. The molecule has 2 nitrogen and oxygen atoms in total. The highest BCUT2D eigenvalue weighted by atomic mass is 79.9. The third kappa shape index (κ3) is 3.64. The molecule has 0 saturated heterocycles. The summed E-state index contributed by atoms with van der Waals surface area (Å²) in [6, 6.07) is 8.73. The molecule has 0 aliphatic heterocycles. The summed E-state index contributed by atoms with van der Waals surface area (Å²) in [6.45, 7) is 5.17. The Balaban J connectivity index is 1.93. The Hall–Kier alpha value is -0.710. The van der Waals surface area contributed by atoms with Crippen LogP contribution in [0.15, 0.2) is 34.9 Å². The summed E-state index contributed by atoms with van der Waals surface area (Å²) in [5, 5.41) is 4.67. The largest absolute Gasteiger partial charge is 0.304 e. The molecule has 0 radical (unpaired) electrons. The van der Waals surface area contributed by atoms with Crippen LogP contribution in [0.4, 0.5) is 0 Å². The number of benzene rings is 1. The fourth-order valence-electron chi connectivity index (χ4n) is 1.73. The molecule has 0 aliphatic carbocycles. The third-order valence-electron chi connectivity index (χ3n) is 2.86. The maximum atomic E-state index is 4.42. The zero-order chi connectivity index (χ0) is 13.0. The van der Waals surface area contributed by atoms with Crippen LogP contribution in [0.1, 0.15) is 35.3 Å². The van der Waals surface area contributed by atoms with Gasteiger partial charge in [-0.15, -0.1) is 11.3 Å². The van der Waals surface area contributed by atoms with Gasteiger partial charge in [-0.05, 0) is 31.0 Å². The van der Waals surface area contributed by atoms with Crippen LogP contribution in [0, 0.1) is 0 Å². The Labute approximate surface area is 121 Å². The second kappa shape index (κ2) is 6.45. The Morgan fingerprint density at radius 2 is 2.28 bits per heavy atom. The van der Waals surface area contributed by atoms with Crippen molar-refractivity contribution in [1.82, 2.24) is 10.3 Å². The molecule has 0 bridgehead atoms. The molecule has 18 heavy (non-hydrogen) atoms. The molecular weight excluding hydrogens is 308 g/mol. The average Bonchev–Trinajstić information content (AvgIpc) is 2.84. The molecule has 1 aromatic carbocycles. The summed E-state index contributed by atoms with van der Waals surface area (Å²) in [4.78, 5) is 5.77. The predicted molar refractivity (Wildman–Crippen MR) is 80.9 cm³/mol. The third-order valence-corrected chi connectivity index (χ3v) is 4.49. The van der Waals surface area contributed by atoms with Gasteiger partial charge in [0.05, 0.1) is 0 Å². The Morgan fingerprint density at radius 3 is 2.94 bits per heavy atom. The van der Waals surface area contributed by atoms with Crippen LogP contribution >= 0.6 is 27.3 Å². The van der Waals surface area contributed by atoms with Gasteiger partial charge in [-0.3, -0.25) is 0 Å².